The molecule has 4 saturated carbocycles. The highest BCUT2D eigenvalue weighted by Gasteiger charge is 2.62. The maximum atomic E-state index is 12.2. The van der Waals surface area contributed by atoms with E-state index in [4.69, 9.17) is 10.5 Å². The van der Waals surface area contributed by atoms with E-state index in [1.807, 2.05) is 13.8 Å². The molecule has 0 amide bonds. The Kier molecular flexibility index (Phi) is 11.1. The van der Waals surface area contributed by atoms with Gasteiger partial charge in [-0.05, 0) is 164 Å². The van der Waals surface area contributed by atoms with E-state index in [2.05, 4.69) is 38.0 Å². The van der Waals surface area contributed by atoms with E-state index in [0.717, 1.165) is 45.4 Å². The summed E-state index contributed by atoms with van der Waals surface area (Å²) in [4.78, 5) is 14.6. The first-order valence-corrected chi connectivity index (χ1v) is 17.0. The molecule has 40 heavy (non-hydrogen) atoms. The lowest BCUT2D eigenvalue weighted by atomic mass is 9.43. The summed E-state index contributed by atoms with van der Waals surface area (Å²) in [5.74, 6) is 3.50. The van der Waals surface area contributed by atoms with Gasteiger partial charge in [-0.25, -0.2) is 0 Å². The predicted molar refractivity (Wildman–Crippen MR) is 164 cm³/mol. The van der Waals surface area contributed by atoms with Crippen molar-refractivity contribution in [2.75, 3.05) is 33.2 Å². The first kappa shape index (κ1) is 32.2. The molecule has 4 N–H and O–H groups in total. The molecule has 4 fully saturated rings. The fourth-order valence-electron chi connectivity index (χ4n) is 10.4. The number of nitrogens with zero attached hydrogens (tertiary/aromatic N) is 1. The number of carbonyl (C=O) groups is 1. The molecular weight excluding hydrogens is 498 g/mol. The van der Waals surface area contributed by atoms with Gasteiger partial charge in [0.05, 0.1) is 12.2 Å². The number of aliphatic hydroxyl groups is 1. The number of aliphatic hydroxyl groups excluding tert-OH is 1. The van der Waals surface area contributed by atoms with Crippen molar-refractivity contribution in [2.45, 2.75) is 130 Å². The second-order valence-electron chi connectivity index (χ2n) is 15.3. The third-order valence-corrected chi connectivity index (χ3v) is 12.5. The maximum Gasteiger partial charge on any atom is 0.306 e. The quantitative estimate of drug-likeness (QED) is 0.200. The SMILES string of the molecule is CC(C)OC(=O)CC[C@@H](C)[C@H]1CCC2C3C(CC[C@@]21C)[C@@]1(C)CC[C@H](NCCCN(C)CCCN)CC1C[C@@H]3O. The van der Waals surface area contributed by atoms with Crippen molar-refractivity contribution in [2.24, 2.45) is 52.1 Å². The number of carbonyl (C=O) groups excluding carboxylic acids is 1. The van der Waals surface area contributed by atoms with E-state index in [1.54, 1.807) is 0 Å². The van der Waals surface area contributed by atoms with Crippen LogP contribution in [0.15, 0.2) is 0 Å². The molecule has 0 saturated heterocycles. The summed E-state index contributed by atoms with van der Waals surface area (Å²) >= 11 is 0. The molecule has 0 aromatic heterocycles. The van der Waals surface area contributed by atoms with Crippen LogP contribution in [0.4, 0.5) is 0 Å². The second kappa shape index (κ2) is 13.7. The average molecular weight is 562 g/mol. The molecular formula is C34H63N3O3. The Morgan fingerprint density at radius 1 is 1.02 bits per heavy atom. The molecule has 10 atom stereocenters. The third-order valence-electron chi connectivity index (χ3n) is 12.5. The minimum Gasteiger partial charge on any atom is -0.463 e. The Labute approximate surface area is 245 Å². The number of esters is 1. The Hall–Kier alpha value is -0.690. The highest BCUT2D eigenvalue weighted by Crippen LogP contribution is 2.68. The summed E-state index contributed by atoms with van der Waals surface area (Å²) < 4.78 is 5.42. The van der Waals surface area contributed by atoms with Gasteiger partial charge in [-0.3, -0.25) is 4.79 Å². The van der Waals surface area contributed by atoms with Gasteiger partial charge in [0.15, 0.2) is 0 Å². The van der Waals surface area contributed by atoms with E-state index in [0.29, 0.717) is 58.8 Å². The zero-order chi connectivity index (χ0) is 29.1. The van der Waals surface area contributed by atoms with Gasteiger partial charge in [-0.1, -0.05) is 20.8 Å². The van der Waals surface area contributed by atoms with Gasteiger partial charge in [0.1, 0.15) is 0 Å². The fraction of sp³-hybridized carbons (Fsp3) is 0.971. The molecule has 0 bridgehead atoms. The molecule has 4 unspecified atom stereocenters. The molecule has 4 aliphatic rings. The van der Waals surface area contributed by atoms with Crippen LogP contribution in [0.3, 0.4) is 0 Å². The topological polar surface area (TPSA) is 87.8 Å². The van der Waals surface area contributed by atoms with Gasteiger partial charge >= 0.3 is 5.97 Å². The lowest BCUT2D eigenvalue weighted by molar-refractivity contribution is -0.167. The Morgan fingerprint density at radius 3 is 2.45 bits per heavy atom. The molecule has 0 aliphatic heterocycles. The van der Waals surface area contributed by atoms with Crippen LogP contribution in [0, 0.1) is 46.3 Å². The molecule has 0 heterocycles. The molecule has 6 heteroatoms. The van der Waals surface area contributed by atoms with Crippen LogP contribution in [0.5, 0.6) is 0 Å². The summed E-state index contributed by atoms with van der Waals surface area (Å²) in [7, 11) is 2.20. The Bertz CT molecular complexity index is 822. The van der Waals surface area contributed by atoms with Crippen molar-refractivity contribution in [3.8, 4) is 0 Å². The largest absolute Gasteiger partial charge is 0.463 e. The molecule has 0 aromatic rings. The monoisotopic (exact) mass is 561 g/mol. The van der Waals surface area contributed by atoms with E-state index in [9.17, 15) is 9.90 Å². The number of nitrogens with one attached hydrogen (secondary N) is 1. The lowest BCUT2D eigenvalue weighted by Crippen LogP contribution is -2.59. The van der Waals surface area contributed by atoms with Crippen LogP contribution in [0.2, 0.25) is 0 Å². The van der Waals surface area contributed by atoms with Crippen molar-refractivity contribution in [1.82, 2.24) is 10.2 Å². The van der Waals surface area contributed by atoms with Crippen molar-refractivity contribution >= 4 is 5.97 Å². The zero-order valence-corrected chi connectivity index (χ0v) is 26.8. The van der Waals surface area contributed by atoms with Gasteiger partial charge in [0.2, 0.25) is 0 Å². The number of rotatable bonds is 13. The van der Waals surface area contributed by atoms with Crippen molar-refractivity contribution < 1.29 is 14.6 Å². The zero-order valence-electron chi connectivity index (χ0n) is 26.8. The first-order chi connectivity index (χ1) is 19.0. The van der Waals surface area contributed by atoms with E-state index >= 15 is 0 Å². The molecule has 4 rings (SSSR count). The van der Waals surface area contributed by atoms with Crippen molar-refractivity contribution in [1.29, 1.82) is 0 Å². The smallest absolute Gasteiger partial charge is 0.306 e. The predicted octanol–water partition coefficient (Wildman–Crippen LogP) is 5.61. The van der Waals surface area contributed by atoms with Gasteiger partial charge in [0.25, 0.3) is 0 Å². The molecule has 4 aliphatic carbocycles. The number of fused-ring (bicyclic) bond motifs is 5. The maximum absolute atomic E-state index is 12.2. The minimum absolute atomic E-state index is 0.0334. The van der Waals surface area contributed by atoms with Gasteiger partial charge in [-0.15, -0.1) is 0 Å². The standard InChI is InChI=1S/C34H63N3O3/c1-23(2)40-31(39)12-9-24(3)27-10-11-28-32-29(14-16-34(27,28)5)33(4)15-13-26(21-25(33)22-30(32)38)36-18-8-20-37(6)19-7-17-35/h23-30,32,36,38H,7-22,35H2,1-6H3/t24-,25?,26+,27-,28?,29?,30+,32?,33+,34-/m1/s1. The summed E-state index contributed by atoms with van der Waals surface area (Å²) in [6.45, 7) is 15.5. The van der Waals surface area contributed by atoms with E-state index < -0.39 is 0 Å². The van der Waals surface area contributed by atoms with Crippen LogP contribution in [-0.2, 0) is 9.53 Å². The fourth-order valence-corrected chi connectivity index (χ4v) is 10.4. The van der Waals surface area contributed by atoms with Crippen LogP contribution in [0.25, 0.3) is 0 Å². The summed E-state index contributed by atoms with van der Waals surface area (Å²) in [6.07, 6.45) is 13.4. The molecule has 6 nitrogen and oxygen atoms in total. The number of ether oxygens (including phenoxy) is 1. The van der Waals surface area contributed by atoms with Crippen LogP contribution >= 0.6 is 0 Å². The molecule has 0 spiro atoms. The lowest BCUT2D eigenvalue weighted by Gasteiger charge is -2.62. The highest BCUT2D eigenvalue weighted by molar-refractivity contribution is 5.69. The van der Waals surface area contributed by atoms with Gasteiger partial charge in [0, 0.05) is 12.5 Å². The average Bonchev–Trinajstić information content (AvgIpc) is 3.26. The summed E-state index contributed by atoms with van der Waals surface area (Å²) in [5.41, 5.74) is 6.32. The summed E-state index contributed by atoms with van der Waals surface area (Å²) in [6, 6.07) is 0.601. The third kappa shape index (κ3) is 6.92. The van der Waals surface area contributed by atoms with Crippen LogP contribution < -0.4 is 11.1 Å². The van der Waals surface area contributed by atoms with Crippen LogP contribution in [0.1, 0.15) is 112 Å². The second-order valence-corrected chi connectivity index (χ2v) is 15.3. The highest BCUT2D eigenvalue weighted by atomic mass is 16.5. The Morgan fingerprint density at radius 2 is 1.73 bits per heavy atom. The Balaban J connectivity index is 1.32. The van der Waals surface area contributed by atoms with E-state index in [1.165, 1.54) is 51.4 Å². The summed E-state index contributed by atoms with van der Waals surface area (Å²) in [5, 5.41) is 15.6. The number of hydrogen-bond donors (Lipinski definition) is 3. The first-order valence-electron chi connectivity index (χ1n) is 17.0. The number of hydrogen-bond acceptors (Lipinski definition) is 6. The van der Waals surface area contributed by atoms with Crippen LogP contribution in [-0.4, -0.2) is 67.5 Å². The van der Waals surface area contributed by atoms with Gasteiger partial charge in [-0.2, -0.15) is 0 Å². The molecule has 0 aromatic carbocycles. The van der Waals surface area contributed by atoms with Crippen molar-refractivity contribution in [3.05, 3.63) is 0 Å². The normalized spacial score (nSPS) is 40.0. The molecule has 0 radical (unpaired) electrons. The van der Waals surface area contributed by atoms with Gasteiger partial charge < -0.3 is 25.8 Å². The minimum atomic E-state index is -0.155. The molecule has 232 valence electrons. The van der Waals surface area contributed by atoms with Crippen molar-refractivity contribution in [3.63, 3.8) is 0 Å². The van der Waals surface area contributed by atoms with E-state index in [-0.39, 0.29) is 18.2 Å². The number of nitrogens with two attached hydrogens (primary N) is 1.